The summed E-state index contributed by atoms with van der Waals surface area (Å²) in [4.78, 5) is 0. The third-order valence-electron chi connectivity index (χ3n) is 3.90. The Labute approximate surface area is 97.8 Å². The smallest absolute Gasteiger partial charge is 0.0300 e. The first kappa shape index (κ1) is 15.0. The first-order valence-corrected chi connectivity index (χ1v) is 7.04. The maximum Gasteiger partial charge on any atom is -0.0300 e. The predicted molar refractivity (Wildman–Crippen MR) is 71.0 cm³/mol. The van der Waals surface area contributed by atoms with E-state index in [2.05, 4.69) is 27.7 Å². The fourth-order valence-corrected chi connectivity index (χ4v) is 2.41. The Bertz CT molecular complexity index is 110. The van der Waals surface area contributed by atoms with Crippen LogP contribution in [0.5, 0.6) is 0 Å². The minimum absolute atomic E-state index is 0.574. The zero-order valence-corrected chi connectivity index (χ0v) is 11.3. The lowest BCUT2D eigenvalue weighted by molar-refractivity contribution is 0.214. The number of unbranched alkanes of at least 4 members (excludes halogenated alkanes) is 4. The lowest BCUT2D eigenvalue weighted by Crippen LogP contribution is -2.19. The summed E-state index contributed by atoms with van der Waals surface area (Å²) in [7, 11) is 0. The van der Waals surface area contributed by atoms with Crippen LogP contribution in [0.25, 0.3) is 0 Å². The topological polar surface area (TPSA) is 0 Å². The van der Waals surface area contributed by atoms with Gasteiger partial charge in [-0.3, -0.25) is 0 Å². The fraction of sp³-hybridized carbons (Fsp3) is 0.933. The summed E-state index contributed by atoms with van der Waals surface area (Å²) in [5, 5.41) is 0. The maximum absolute atomic E-state index is 4.19. The van der Waals surface area contributed by atoms with Crippen LogP contribution in [-0.2, 0) is 0 Å². The summed E-state index contributed by atoms with van der Waals surface area (Å²) in [5.41, 5.74) is 0.574. The molecule has 0 aromatic carbocycles. The van der Waals surface area contributed by atoms with Crippen LogP contribution in [0, 0.1) is 12.3 Å². The largest absolute Gasteiger partial charge is 0.0654 e. The van der Waals surface area contributed by atoms with E-state index in [1.165, 1.54) is 57.8 Å². The molecule has 0 N–H and O–H groups in total. The molecule has 0 bridgehead atoms. The van der Waals surface area contributed by atoms with Crippen LogP contribution in [0.15, 0.2) is 0 Å². The highest BCUT2D eigenvalue weighted by molar-refractivity contribution is 4.79. The van der Waals surface area contributed by atoms with E-state index in [1.54, 1.807) is 0 Å². The van der Waals surface area contributed by atoms with Crippen molar-refractivity contribution in [3.05, 3.63) is 6.92 Å². The van der Waals surface area contributed by atoms with Gasteiger partial charge >= 0.3 is 0 Å². The lowest BCUT2D eigenvalue weighted by atomic mass is 9.74. The SMILES string of the molecule is [CH2]CC(CC)(CCCCC)CCCCC. The van der Waals surface area contributed by atoms with Crippen LogP contribution in [0.3, 0.4) is 0 Å². The lowest BCUT2D eigenvalue weighted by Gasteiger charge is -2.32. The van der Waals surface area contributed by atoms with Gasteiger partial charge in [0.15, 0.2) is 0 Å². The van der Waals surface area contributed by atoms with Crippen molar-refractivity contribution in [1.29, 1.82) is 0 Å². The van der Waals surface area contributed by atoms with Gasteiger partial charge in [-0.2, -0.15) is 0 Å². The Hall–Kier alpha value is 0. The summed E-state index contributed by atoms with van der Waals surface area (Å²) in [6.07, 6.45) is 13.6. The standard InChI is InChI=1S/C15H31/c1-5-9-11-13-15(7-3,8-4)14-12-10-6-2/h3,5-14H2,1-2,4H3. The summed E-state index contributed by atoms with van der Waals surface area (Å²) >= 11 is 0. The van der Waals surface area contributed by atoms with Gasteiger partial charge in [0, 0.05) is 0 Å². The van der Waals surface area contributed by atoms with Crippen molar-refractivity contribution in [3.8, 4) is 0 Å². The van der Waals surface area contributed by atoms with Crippen molar-refractivity contribution in [3.63, 3.8) is 0 Å². The van der Waals surface area contributed by atoms with Crippen LogP contribution < -0.4 is 0 Å². The number of hydrogen-bond donors (Lipinski definition) is 0. The Morgan fingerprint density at radius 3 is 1.53 bits per heavy atom. The van der Waals surface area contributed by atoms with E-state index in [4.69, 9.17) is 0 Å². The predicted octanol–water partition coefficient (Wildman–Crippen LogP) is 5.77. The quantitative estimate of drug-likeness (QED) is 0.402. The molecule has 0 saturated heterocycles. The second-order valence-electron chi connectivity index (χ2n) is 5.02. The summed E-state index contributed by atoms with van der Waals surface area (Å²) in [6, 6.07) is 0. The zero-order chi connectivity index (χ0) is 11.6. The molecule has 15 heavy (non-hydrogen) atoms. The summed E-state index contributed by atoms with van der Waals surface area (Å²) < 4.78 is 0. The number of rotatable bonds is 10. The summed E-state index contributed by atoms with van der Waals surface area (Å²) in [6.45, 7) is 11.1. The van der Waals surface area contributed by atoms with Crippen LogP contribution in [-0.4, -0.2) is 0 Å². The normalized spacial score (nSPS) is 12.0. The fourth-order valence-electron chi connectivity index (χ4n) is 2.41. The molecule has 0 rings (SSSR count). The second-order valence-corrected chi connectivity index (χ2v) is 5.02. The molecule has 0 heteroatoms. The summed E-state index contributed by atoms with van der Waals surface area (Å²) in [5.74, 6) is 0. The molecule has 0 aliphatic carbocycles. The molecule has 91 valence electrons. The molecule has 0 atom stereocenters. The highest BCUT2D eigenvalue weighted by Gasteiger charge is 2.24. The molecule has 0 aromatic rings. The van der Waals surface area contributed by atoms with Gasteiger partial charge in [0.25, 0.3) is 0 Å². The van der Waals surface area contributed by atoms with Gasteiger partial charge < -0.3 is 0 Å². The maximum atomic E-state index is 4.19. The molecule has 0 heterocycles. The molecule has 0 saturated carbocycles. The molecular weight excluding hydrogens is 180 g/mol. The van der Waals surface area contributed by atoms with E-state index in [9.17, 15) is 0 Å². The van der Waals surface area contributed by atoms with Crippen LogP contribution >= 0.6 is 0 Å². The molecule has 0 spiro atoms. The van der Waals surface area contributed by atoms with Crippen molar-refractivity contribution in [2.75, 3.05) is 0 Å². The first-order valence-electron chi connectivity index (χ1n) is 7.04. The molecule has 0 aromatic heterocycles. The highest BCUT2D eigenvalue weighted by atomic mass is 14.3. The Morgan fingerprint density at radius 2 is 1.27 bits per heavy atom. The molecule has 0 aliphatic rings. The van der Waals surface area contributed by atoms with Crippen molar-refractivity contribution in [2.24, 2.45) is 5.41 Å². The Kier molecular flexibility index (Phi) is 9.24. The molecule has 0 unspecified atom stereocenters. The van der Waals surface area contributed by atoms with Crippen LogP contribution in [0.1, 0.15) is 85.0 Å². The van der Waals surface area contributed by atoms with Crippen LogP contribution in [0.4, 0.5) is 0 Å². The van der Waals surface area contributed by atoms with Gasteiger partial charge in [0.2, 0.25) is 0 Å². The third-order valence-corrected chi connectivity index (χ3v) is 3.90. The van der Waals surface area contributed by atoms with E-state index in [0.29, 0.717) is 5.41 Å². The van der Waals surface area contributed by atoms with E-state index < -0.39 is 0 Å². The van der Waals surface area contributed by atoms with E-state index in [0.717, 1.165) is 6.42 Å². The zero-order valence-electron chi connectivity index (χ0n) is 11.3. The van der Waals surface area contributed by atoms with Gasteiger partial charge in [-0.1, -0.05) is 72.6 Å². The van der Waals surface area contributed by atoms with E-state index in [-0.39, 0.29) is 0 Å². The third kappa shape index (κ3) is 6.22. The van der Waals surface area contributed by atoms with Crippen molar-refractivity contribution >= 4 is 0 Å². The van der Waals surface area contributed by atoms with E-state index in [1.807, 2.05) is 0 Å². The van der Waals surface area contributed by atoms with Gasteiger partial charge in [0.05, 0.1) is 0 Å². The average molecular weight is 211 g/mol. The van der Waals surface area contributed by atoms with Crippen molar-refractivity contribution < 1.29 is 0 Å². The van der Waals surface area contributed by atoms with Gasteiger partial charge in [-0.05, 0) is 24.7 Å². The van der Waals surface area contributed by atoms with Crippen molar-refractivity contribution in [2.45, 2.75) is 85.0 Å². The van der Waals surface area contributed by atoms with Crippen LogP contribution in [0.2, 0.25) is 0 Å². The minimum Gasteiger partial charge on any atom is -0.0654 e. The average Bonchev–Trinajstić information content (AvgIpc) is 2.28. The molecular formula is C15H31. The van der Waals surface area contributed by atoms with Gasteiger partial charge in [-0.15, -0.1) is 0 Å². The van der Waals surface area contributed by atoms with E-state index >= 15 is 0 Å². The Morgan fingerprint density at radius 1 is 0.800 bits per heavy atom. The first-order chi connectivity index (χ1) is 7.24. The molecule has 1 radical (unpaired) electrons. The highest BCUT2D eigenvalue weighted by Crippen LogP contribution is 2.37. The monoisotopic (exact) mass is 211 g/mol. The minimum atomic E-state index is 0.574. The molecule has 0 fully saturated rings. The number of hydrogen-bond acceptors (Lipinski definition) is 0. The molecule has 0 nitrogen and oxygen atoms in total. The van der Waals surface area contributed by atoms with Crippen molar-refractivity contribution in [1.82, 2.24) is 0 Å². The second kappa shape index (κ2) is 9.24. The molecule has 0 amide bonds. The molecule has 0 aliphatic heterocycles. The van der Waals surface area contributed by atoms with Gasteiger partial charge in [-0.25, -0.2) is 0 Å². The van der Waals surface area contributed by atoms with Gasteiger partial charge in [0.1, 0.15) is 0 Å². The Balaban J connectivity index is 3.93.